The van der Waals surface area contributed by atoms with Crippen LogP contribution in [0.15, 0.2) is 18.2 Å². The highest BCUT2D eigenvalue weighted by atomic mass is 35.5. The summed E-state index contributed by atoms with van der Waals surface area (Å²) in [6, 6.07) is 0.996. The van der Waals surface area contributed by atoms with Gasteiger partial charge in [-0.1, -0.05) is 0 Å². The van der Waals surface area contributed by atoms with Crippen LogP contribution in [-0.2, 0) is 9.59 Å². The maximum Gasteiger partial charge on any atom is 0.329 e. The molecule has 2 atom stereocenters. The number of carbonyl (C=O) groups is 3. The molecular weight excluding hydrogens is 382 g/mol. The Kier molecular flexibility index (Phi) is 6.72. The SMILES string of the molecule is C[C@H]1CNCCN1C(=O)CCC1NC(=O)N(c2ccc(F)cc2F)C1=O.Cl. The Hall–Kier alpha value is -2.26. The van der Waals surface area contributed by atoms with Crippen LogP contribution >= 0.6 is 12.4 Å². The monoisotopic (exact) mass is 402 g/mol. The molecule has 0 saturated carbocycles. The predicted molar refractivity (Wildman–Crippen MR) is 96.7 cm³/mol. The summed E-state index contributed by atoms with van der Waals surface area (Å²) in [7, 11) is 0. The Bertz CT molecular complexity index is 749. The first kappa shape index (κ1) is 21.0. The van der Waals surface area contributed by atoms with Gasteiger partial charge in [0.05, 0.1) is 5.69 Å². The second kappa shape index (κ2) is 8.62. The molecule has 2 N–H and O–H groups in total. The Morgan fingerprint density at radius 3 is 2.70 bits per heavy atom. The highest BCUT2D eigenvalue weighted by molar-refractivity contribution is 6.21. The predicted octanol–water partition coefficient (Wildman–Crippen LogP) is 1.41. The van der Waals surface area contributed by atoms with Crippen molar-refractivity contribution in [3.63, 3.8) is 0 Å². The van der Waals surface area contributed by atoms with Gasteiger partial charge in [-0.15, -0.1) is 12.4 Å². The number of halogens is 3. The van der Waals surface area contributed by atoms with E-state index < -0.39 is 29.6 Å². The van der Waals surface area contributed by atoms with Crippen LogP contribution in [0.2, 0.25) is 0 Å². The first-order valence-corrected chi connectivity index (χ1v) is 8.48. The number of benzene rings is 1. The lowest BCUT2D eigenvalue weighted by Gasteiger charge is -2.34. The van der Waals surface area contributed by atoms with Crippen molar-refractivity contribution in [2.45, 2.75) is 31.8 Å². The summed E-state index contributed by atoms with van der Waals surface area (Å²) in [6.45, 7) is 3.96. The molecule has 2 fully saturated rings. The summed E-state index contributed by atoms with van der Waals surface area (Å²) in [5.74, 6) is -2.54. The molecule has 4 amide bonds. The molecule has 2 aliphatic rings. The lowest BCUT2D eigenvalue weighted by molar-refractivity contribution is -0.134. The molecule has 1 aromatic rings. The van der Waals surface area contributed by atoms with E-state index in [1.807, 2.05) is 6.92 Å². The average Bonchev–Trinajstić information content (AvgIpc) is 2.87. The molecule has 1 aromatic carbocycles. The molecule has 10 heteroatoms. The molecule has 27 heavy (non-hydrogen) atoms. The normalized spacial score (nSPS) is 22.5. The number of nitrogens with one attached hydrogen (secondary N) is 2. The maximum atomic E-state index is 13.9. The van der Waals surface area contributed by atoms with Crippen LogP contribution in [0.5, 0.6) is 0 Å². The highest BCUT2D eigenvalue weighted by Gasteiger charge is 2.40. The van der Waals surface area contributed by atoms with E-state index in [1.165, 1.54) is 0 Å². The number of rotatable bonds is 4. The molecule has 0 aromatic heterocycles. The molecule has 0 radical (unpaired) electrons. The molecule has 0 spiro atoms. The van der Waals surface area contributed by atoms with E-state index in [9.17, 15) is 23.2 Å². The van der Waals surface area contributed by atoms with E-state index in [1.54, 1.807) is 4.90 Å². The smallest absolute Gasteiger partial charge is 0.329 e. The number of amides is 4. The number of carbonyl (C=O) groups excluding carboxylic acids is 3. The van der Waals surface area contributed by atoms with Crippen molar-refractivity contribution < 1.29 is 23.2 Å². The molecular formula is C17H21ClF2N4O3. The molecule has 7 nitrogen and oxygen atoms in total. The minimum atomic E-state index is -1.00. The van der Waals surface area contributed by atoms with E-state index in [0.717, 1.165) is 12.1 Å². The Morgan fingerprint density at radius 2 is 2.04 bits per heavy atom. The van der Waals surface area contributed by atoms with Crippen LogP contribution in [0.4, 0.5) is 19.3 Å². The number of urea groups is 1. The fourth-order valence-corrected chi connectivity index (χ4v) is 3.24. The lowest BCUT2D eigenvalue weighted by atomic mass is 10.1. The Balaban J connectivity index is 0.00000261. The minimum absolute atomic E-state index is 0. The van der Waals surface area contributed by atoms with E-state index in [2.05, 4.69) is 10.6 Å². The molecule has 2 saturated heterocycles. The number of hydrogen-bond acceptors (Lipinski definition) is 4. The average molecular weight is 403 g/mol. The van der Waals surface area contributed by atoms with Crippen molar-refractivity contribution in [3.8, 4) is 0 Å². The summed E-state index contributed by atoms with van der Waals surface area (Å²) < 4.78 is 26.9. The van der Waals surface area contributed by atoms with Crippen LogP contribution in [0.1, 0.15) is 19.8 Å². The molecule has 0 aliphatic carbocycles. The largest absolute Gasteiger partial charge is 0.337 e. The summed E-state index contributed by atoms with van der Waals surface area (Å²) in [4.78, 5) is 39.3. The zero-order valence-electron chi connectivity index (χ0n) is 14.7. The molecule has 3 rings (SSSR count). The highest BCUT2D eigenvalue weighted by Crippen LogP contribution is 2.25. The van der Waals surface area contributed by atoms with Gasteiger partial charge in [-0.05, 0) is 25.5 Å². The van der Waals surface area contributed by atoms with Crippen molar-refractivity contribution >= 4 is 35.9 Å². The van der Waals surface area contributed by atoms with Gasteiger partial charge in [-0.3, -0.25) is 9.59 Å². The zero-order chi connectivity index (χ0) is 18.8. The minimum Gasteiger partial charge on any atom is -0.337 e. The number of anilines is 1. The summed E-state index contributed by atoms with van der Waals surface area (Å²) in [6.07, 6.45) is 0.222. The summed E-state index contributed by atoms with van der Waals surface area (Å²) >= 11 is 0. The maximum absolute atomic E-state index is 13.9. The molecule has 2 aliphatic heterocycles. The van der Waals surface area contributed by atoms with Gasteiger partial charge < -0.3 is 15.5 Å². The first-order chi connectivity index (χ1) is 12.4. The Morgan fingerprint density at radius 1 is 1.30 bits per heavy atom. The quantitative estimate of drug-likeness (QED) is 0.746. The third-order valence-corrected chi connectivity index (χ3v) is 4.64. The van der Waals surface area contributed by atoms with Crippen LogP contribution in [0, 0.1) is 11.6 Å². The van der Waals surface area contributed by atoms with Gasteiger partial charge in [-0.25, -0.2) is 18.5 Å². The van der Waals surface area contributed by atoms with Crippen molar-refractivity contribution in [3.05, 3.63) is 29.8 Å². The van der Waals surface area contributed by atoms with Crippen LogP contribution in [-0.4, -0.2) is 54.5 Å². The fourth-order valence-electron chi connectivity index (χ4n) is 3.24. The van der Waals surface area contributed by atoms with Crippen molar-refractivity contribution in [2.24, 2.45) is 0 Å². The van der Waals surface area contributed by atoms with Crippen molar-refractivity contribution in [1.82, 2.24) is 15.5 Å². The van der Waals surface area contributed by atoms with E-state index in [-0.39, 0.29) is 42.9 Å². The van der Waals surface area contributed by atoms with E-state index in [4.69, 9.17) is 0 Å². The second-order valence-corrected chi connectivity index (χ2v) is 6.45. The third-order valence-electron chi connectivity index (χ3n) is 4.64. The number of nitrogens with zero attached hydrogens (tertiary/aromatic N) is 2. The molecule has 0 bridgehead atoms. The first-order valence-electron chi connectivity index (χ1n) is 8.48. The van der Waals surface area contributed by atoms with Gasteiger partial charge in [0.2, 0.25) is 5.91 Å². The van der Waals surface area contributed by atoms with Crippen molar-refractivity contribution in [1.29, 1.82) is 0 Å². The zero-order valence-corrected chi connectivity index (χ0v) is 15.5. The van der Waals surface area contributed by atoms with Crippen LogP contribution < -0.4 is 15.5 Å². The van der Waals surface area contributed by atoms with Crippen molar-refractivity contribution in [2.75, 3.05) is 24.5 Å². The van der Waals surface area contributed by atoms with Gasteiger partial charge >= 0.3 is 6.03 Å². The number of piperazine rings is 1. The van der Waals surface area contributed by atoms with E-state index in [0.29, 0.717) is 30.6 Å². The van der Waals surface area contributed by atoms with Gasteiger partial charge in [0, 0.05) is 38.2 Å². The molecule has 1 unspecified atom stereocenters. The Labute approximate surface area is 161 Å². The van der Waals surface area contributed by atoms with Gasteiger partial charge in [0.15, 0.2) is 0 Å². The van der Waals surface area contributed by atoms with E-state index >= 15 is 0 Å². The van der Waals surface area contributed by atoms with Gasteiger partial charge in [-0.2, -0.15) is 0 Å². The van der Waals surface area contributed by atoms with Gasteiger partial charge in [0.25, 0.3) is 5.91 Å². The summed E-state index contributed by atoms with van der Waals surface area (Å²) in [5, 5.41) is 5.65. The topological polar surface area (TPSA) is 81.8 Å². The van der Waals surface area contributed by atoms with Crippen LogP contribution in [0.25, 0.3) is 0 Å². The third kappa shape index (κ3) is 4.36. The summed E-state index contributed by atoms with van der Waals surface area (Å²) in [5.41, 5.74) is -0.307. The lowest BCUT2D eigenvalue weighted by Crippen LogP contribution is -2.52. The molecule has 148 valence electrons. The molecule has 2 heterocycles. The number of imide groups is 1. The van der Waals surface area contributed by atoms with Crippen LogP contribution in [0.3, 0.4) is 0 Å². The standard InChI is InChI=1S/C17H20F2N4O3.ClH/c1-10-9-20-6-7-22(10)15(24)5-3-13-16(25)23(17(26)21-13)14-4-2-11(18)8-12(14)19;/h2,4,8,10,13,20H,3,5-7,9H2,1H3,(H,21,26);1H/t10-,13?;/m0./s1. The second-order valence-electron chi connectivity index (χ2n) is 6.45. The number of hydrogen-bond donors (Lipinski definition) is 2. The fraction of sp³-hybridized carbons (Fsp3) is 0.471. The van der Waals surface area contributed by atoms with Gasteiger partial charge in [0.1, 0.15) is 17.7 Å².